The van der Waals surface area contributed by atoms with Crippen LogP contribution in [0.3, 0.4) is 0 Å². The lowest BCUT2D eigenvalue weighted by atomic mass is 9.76. The van der Waals surface area contributed by atoms with Crippen LogP contribution in [0.4, 0.5) is 11.4 Å². The topological polar surface area (TPSA) is 131 Å². The molecular weight excluding hydrogens is 656 g/mol. The molecule has 270 valence electrons. The SMILES string of the molecule is CCC(Oc1ccc(C(C)(C)CC)cc1C(C)(C)CC)C(=O)Nc1cccc(NC(=O)C(Cl)(Oc2ccc(C(=O)O)cc2)C(=O)C(C)(C)C)c1. The fraction of sp³-hybridized carbons (Fsp3) is 0.450. The minimum Gasteiger partial charge on any atom is -0.480 e. The smallest absolute Gasteiger partial charge is 0.335 e. The third kappa shape index (κ3) is 9.44. The summed E-state index contributed by atoms with van der Waals surface area (Å²) in [5, 5.41) is 12.3. The Hall–Kier alpha value is -4.37. The molecule has 0 spiro atoms. The monoisotopic (exact) mass is 706 g/mol. The van der Waals surface area contributed by atoms with E-state index in [1.54, 1.807) is 39.0 Å². The van der Waals surface area contributed by atoms with Crippen molar-refractivity contribution < 1.29 is 33.8 Å². The van der Waals surface area contributed by atoms with Gasteiger partial charge in [0.25, 0.3) is 11.8 Å². The number of ether oxygens (including phenoxy) is 2. The van der Waals surface area contributed by atoms with Gasteiger partial charge in [0, 0.05) is 22.4 Å². The predicted octanol–water partition coefficient (Wildman–Crippen LogP) is 9.12. The molecule has 3 N–H and O–H groups in total. The van der Waals surface area contributed by atoms with E-state index in [2.05, 4.69) is 64.3 Å². The lowest BCUT2D eigenvalue weighted by Crippen LogP contribution is -2.54. The summed E-state index contributed by atoms with van der Waals surface area (Å²) in [6, 6.07) is 17.9. The number of aromatic carboxylic acids is 1. The number of amides is 2. The zero-order chi connectivity index (χ0) is 37.7. The van der Waals surface area contributed by atoms with Gasteiger partial charge in [0.1, 0.15) is 11.5 Å². The first-order valence-corrected chi connectivity index (χ1v) is 17.4. The van der Waals surface area contributed by atoms with Crippen molar-refractivity contribution in [3.8, 4) is 11.5 Å². The van der Waals surface area contributed by atoms with E-state index in [1.807, 2.05) is 13.0 Å². The van der Waals surface area contributed by atoms with E-state index in [-0.39, 0.29) is 33.7 Å². The Balaban J connectivity index is 1.85. The summed E-state index contributed by atoms with van der Waals surface area (Å²) in [5.74, 6) is -2.49. The Morgan fingerprint density at radius 3 is 1.88 bits per heavy atom. The van der Waals surface area contributed by atoms with Crippen molar-refractivity contribution in [1.29, 1.82) is 0 Å². The molecule has 0 fully saturated rings. The van der Waals surface area contributed by atoms with E-state index >= 15 is 0 Å². The number of alkyl halides is 1. The van der Waals surface area contributed by atoms with E-state index in [1.165, 1.54) is 35.9 Å². The highest BCUT2D eigenvalue weighted by Crippen LogP contribution is 2.39. The molecule has 9 nitrogen and oxygen atoms in total. The Kier molecular flexibility index (Phi) is 12.6. The van der Waals surface area contributed by atoms with E-state index in [0.29, 0.717) is 17.9 Å². The quantitative estimate of drug-likeness (QED) is 0.106. The van der Waals surface area contributed by atoms with Gasteiger partial charge in [0.05, 0.1) is 5.56 Å². The average Bonchev–Trinajstić information content (AvgIpc) is 3.06. The molecule has 2 amide bonds. The lowest BCUT2D eigenvalue weighted by Gasteiger charge is -2.31. The third-order valence-electron chi connectivity index (χ3n) is 9.20. The molecule has 3 aromatic carbocycles. The standard InChI is InChI=1S/C40H51ClN2O7/c1-11-31(49-32-22-19-26(38(7,8)12-2)23-30(32)39(9,10)13-3)33(44)42-27-15-14-16-28(24-27)43-36(48)40(41,35(47)37(4,5)6)50-29-20-17-25(18-21-29)34(45)46/h14-24,31H,11-13H2,1-10H3,(H,42,44)(H,43,48)(H,45,46). The highest BCUT2D eigenvalue weighted by atomic mass is 35.5. The number of anilines is 2. The second-order valence-electron chi connectivity index (χ2n) is 14.8. The van der Waals surface area contributed by atoms with Gasteiger partial charge in [0.15, 0.2) is 6.10 Å². The van der Waals surface area contributed by atoms with Crippen molar-refractivity contribution in [2.75, 3.05) is 10.6 Å². The van der Waals surface area contributed by atoms with Gasteiger partial charge in [-0.3, -0.25) is 14.4 Å². The zero-order valence-corrected chi connectivity index (χ0v) is 31.6. The van der Waals surface area contributed by atoms with Crippen molar-refractivity contribution in [2.24, 2.45) is 5.41 Å². The summed E-state index contributed by atoms with van der Waals surface area (Å²) >= 11 is 6.68. The molecule has 0 aromatic heterocycles. The number of carboxylic acid groups (broad SMARTS) is 1. The van der Waals surface area contributed by atoms with Crippen LogP contribution in [0.1, 0.15) is 110 Å². The molecule has 0 radical (unpaired) electrons. The number of carbonyl (C=O) groups excluding carboxylic acids is 3. The number of benzene rings is 3. The van der Waals surface area contributed by atoms with E-state index in [4.69, 9.17) is 21.1 Å². The second-order valence-corrected chi connectivity index (χ2v) is 15.4. The molecule has 0 saturated heterocycles. The van der Waals surface area contributed by atoms with Crippen molar-refractivity contribution >= 4 is 46.5 Å². The van der Waals surface area contributed by atoms with Gasteiger partial charge in [-0.1, -0.05) is 99.0 Å². The summed E-state index contributed by atoms with van der Waals surface area (Å²) in [6.45, 7) is 19.8. The maximum atomic E-state index is 13.6. The molecule has 0 aliphatic rings. The summed E-state index contributed by atoms with van der Waals surface area (Å²) in [7, 11) is 0. The molecule has 2 atom stereocenters. The molecule has 0 saturated carbocycles. The van der Waals surface area contributed by atoms with Crippen LogP contribution in [0.2, 0.25) is 0 Å². The summed E-state index contributed by atoms with van der Waals surface area (Å²) in [5.41, 5.74) is 1.62. The maximum absolute atomic E-state index is 13.6. The molecule has 50 heavy (non-hydrogen) atoms. The van der Waals surface area contributed by atoms with Crippen LogP contribution in [-0.2, 0) is 25.2 Å². The van der Waals surface area contributed by atoms with Crippen LogP contribution in [0.25, 0.3) is 0 Å². The molecule has 0 aliphatic heterocycles. The normalized spacial score (nSPS) is 13.8. The first-order valence-electron chi connectivity index (χ1n) is 17.0. The van der Waals surface area contributed by atoms with Crippen LogP contribution < -0.4 is 20.1 Å². The summed E-state index contributed by atoms with van der Waals surface area (Å²) in [4.78, 5) is 52.0. The molecular formula is C40H51ClN2O7. The number of halogens is 1. The van der Waals surface area contributed by atoms with Crippen LogP contribution in [-0.4, -0.2) is 39.8 Å². The Morgan fingerprint density at radius 1 is 0.780 bits per heavy atom. The fourth-order valence-corrected chi connectivity index (χ4v) is 5.49. The van der Waals surface area contributed by atoms with Crippen molar-refractivity contribution in [2.45, 2.75) is 110 Å². The predicted molar refractivity (Wildman–Crippen MR) is 199 cm³/mol. The first kappa shape index (κ1) is 40.1. The molecule has 10 heteroatoms. The van der Waals surface area contributed by atoms with Crippen molar-refractivity contribution in [3.05, 3.63) is 83.4 Å². The van der Waals surface area contributed by atoms with Gasteiger partial charge in [-0.15, -0.1) is 0 Å². The average molecular weight is 707 g/mol. The van der Waals surface area contributed by atoms with E-state index in [0.717, 1.165) is 18.4 Å². The number of carbonyl (C=O) groups is 4. The van der Waals surface area contributed by atoms with Gasteiger partial charge in [-0.25, -0.2) is 4.79 Å². The van der Waals surface area contributed by atoms with Gasteiger partial charge in [-0.05, 0) is 84.2 Å². The molecule has 0 bridgehead atoms. The number of nitrogens with one attached hydrogen (secondary N) is 2. The third-order valence-corrected chi connectivity index (χ3v) is 9.62. The highest BCUT2D eigenvalue weighted by Gasteiger charge is 2.51. The fourth-order valence-electron chi connectivity index (χ4n) is 5.07. The number of hydrogen-bond donors (Lipinski definition) is 3. The molecule has 3 aromatic rings. The number of hydrogen-bond acceptors (Lipinski definition) is 6. The van der Waals surface area contributed by atoms with Crippen molar-refractivity contribution in [1.82, 2.24) is 0 Å². The summed E-state index contributed by atoms with van der Waals surface area (Å²) < 4.78 is 12.2. The number of Topliss-reactive ketones (excluding diaryl/α,β-unsaturated/α-hetero) is 1. The van der Waals surface area contributed by atoms with Crippen molar-refractivity contribution in [3.63, 3.8) is 0 Å². The number of ketones is 1. The number of carboxylic acids is 1. The summed E-state index contributed by atoms with van der Waals surface area (Å²) in [6.07, 6.45) is 1.47. The highest BCUT2D eigenvalue weighted by molar-refractivity contribution is 6.47. The minimum absolute atomic E-state index is 0.00198. The Bertz CT molecular complexity index is 1710. The van der Waals surface area contributed by atoms with Gasteiger partial charge < -0.3 is 25.2 Å². The first-order chi connectivity index (χ1) is 23.2. The molecule has 0 aliphatic carbocycles. The van der Waals surface area contributed by atoms with Crippen LogP contribution in [0.5, 0.6) is 11.5 Å². The van der Waals surface area contributed by atoms with Gasteiger partial charge in [0.2, 0.25) is 5.78 Å². The van der Waals surface area contributed by atoms with Gasteiger partial charge >= 0.3 is 11.0 Å². The van der Waals surface area contributed by atoms with E-state index < -0.39 is 34.2 Å². The largest absolute Gasteiger partial charge is 0.480 e. The maximum Gasteiger partial charge on any atom is 0.335 e. The zero-order valence-electron chi connectivity index (χ0n) is 30.8. The Labute approximate surface area is 301 Å². The Morgan fingerprint density at radius 2 is 1.36 bits per heavy atom. The molecule has 0 heterocycles. The van der Waals surface area contributed by atoms with Crippen LogP contribution >= 0.6 is 11.6 Å². The minimum atomic E-state index is -2.49. The second kappa shape index (κ2) is 15.7. The molecule has 2 unspecified atom stereocenters. The molecule has 3 rings (SSSR count). The van der Waals surface area contributed by atoms with Gasteiger partial charge in [-0.2, -0.15) is 0 Å². The lowest BCUT2D eigenvalue weighted by molar-refractivity contribution is -0.144. The van der Waals surface area contributed by atoms with Crippen LogP contribution in [0.15, 0.2) is 66.7 Å². The van der Waals surface area contributed by atoms with E-state index in [9.17, 15) is 24.3 Å². The number of rotatable bonds is 15. The van der Waals surface area contributed by atoms with Crippen LogP contribution in [0, 0.1) is 5.41 Å².